The van der Waals surface area contributed by atoms with E-state index in [9.17, 15) is 9.59 Å². The molecule has 138 valence electrons. The SMILES string of the molecule is CC(C)C(=O)Nc1ccc(CNC(=O)CCSCc2ccccn2)cc1. The summed E-state index contributed by atoms with van der Waals surface area (Å²) in [4.78, 5) is 27.8. The Kier molecular flexibility index (Phi) is 8.15. The lowest BCUT2D eigenvalue weighted by Crippen LogP contribution is -2.23. The van der Waals surface area contributed by atoms with E-state index in [2.05, 4.69) is 15.6 Å². The zero-order valence-electron chi connectivity index (χ0n) is 15.2. The van der Waals surface area contributed by atoms with Crippen molar-refractivity contribution in [3.8, 4) is 0 Å². The van der Waals surface area contributed by atoms with Crippen LogP contribution >= 0.6 is 11.8 Å². The lowest BCUT2D eigenvalue weighted by Gasteiger charge is -2.09. The molecule has 1 aromatic heterocycles. The molecule has 0 saturated carbocycles. The molecular formula is C20H25N3O2S. The topological polar surface area (TPSA) is 71.1 Å². The van der Waals surface area contributed by atoms with E-state index in [1.54, 1.807) is 18.0 Å². The van der Waals surface area contributed by atoms with Crippen LogP contribution in [0.2, 0.25) is 0 Å². The second-order valence-electron chi connectivity index (χ2n) is 6.24. The second-order valence-corrected chi connectivity index (χ2v) is 7.35. The third kappa shape index (κ3) is 7.27. The fourth-order valence-corrected chi connectivity index (χ4v) is 2.96. The average molecular weight is 372 g/mol. The van der Waals surface area contributed by atoms with Gasteiger partial charge in [0.05, 0.1) is 5.69 Å². The van der Waals surface area contributed by atoms with Crippen LogP contribution in [0.4, 0.5) is 5.69 Å². The van der Waals surface area contributed by atoms with Gasteiger partial charge in [0.25, 0.3) is 0 Å². The predicted molar refractivity (Wildman–Crippen MR) is 107 cm³/mol. The van der Waals surface area contributed by atoms with Crippen LogP contribution < -0.4 is 10.6 Å². The normalized spacial score (nSPS) is 10.6. The van der Waals surface area contributed by atoms with Crippen molar-refractivity contribution in [2.75, 3.05) is 11.1 Å². The molecule has 0 bridgehead atoms. The van der Waals surface area contributed by atoms with Crippen LogP contribution in [0.1, 0.15) is 31.5 Å². The van der Waals surface area contributed by atoms with Crippen molar-refractivity contribution < 1.29 is 9.59 Å². The van der Waals surface area contributed by atoms with Crippen molar-refractivity contribution in [3.63, 3.8) is 0 Å². The number of nitrogens with one attached hydrogen (secondary N) is 2. The molecule has 2 amide bonds. The summed E-state index contributed by atoms with van der Waals surface area (Å²) in [5.74, 6) is 1.56. The van der Waals surface area contributed by atoms with Crippen molar-refractivity contribution in [2.24, 2.45) is 5.92 Å². The first-order valence-electron chi connectivity index (χ1n) is 8.69. The van der Waals surface area contributed by atoms with Crippen molar-refractivity contribution in [1.82, 2.24) is 10.3 Å². The molecular weight excluding hydrogens is 346 g/mol. The van der Waals surface area contributed by atoms with Gasteiger partial charge >= 0.3 is 0 Å². The minimum absolute atomic E-state index is 0.00532. The summed E-state index contributed by atoms with van der Waals surface area (Å²) in [6.07, 6.45) is 2.27. The molecule has 0 aliphatic carbocycles. The molecule has 0 atom stereocenters. The van der Waals surface area contributed by atoms with E-state index in [0.29, 0.717) is 13.0 Å². The maximum atomic E-state index is 11.9. The molecule has 26 heavy (non-hydrogen) atoms. The van der Waals surface area contributed by atoms with Crippen LogP contribution in [0.3, 0.4) is 0 Å². The highest BCUT2D eigenvalue weighted by Gasteiger charge is 2.07. The molecule has 2 N–H and O–H groups in total. The van der Waals surface area contributed by atoms with Gasteiger partial charge < -0.3 is 10.6 Å². The largest absolute Gasteiger partial charge is 0.352 e. The quantitative estimate of drug-likeness (QED) is 0.661. The van der Waals surface area contributed by atoms with E-state index in [0.717, 1.165) is 28.5 Å². The van der Waals surface area contributed by atoms with Gasteiger partial charge in [-0.1, -0.05) is 32.0 Å². The van der Waals surface area contributed by atoms with Crippen LogP contribution in [0.5, 0.6) is 0 Å². The van der Waals surface area contributed by atoms with Gasteiger partial charge in [-0.2, -0.15) is 11.8 Å². The predicted octanol–water partition coefficient (Wildman–Crippen LogP) is 3.62. The van der Waals surface area contributed by atoms with Crippen LogP contribution in [0, 0.1) is 5.92 Å². The minimum Gasteiger partial charge on any atom is -0.352 e. The van der Waals surface area contributed by atoms with Crippen LogP contribution in [-0.4, -0.2) is 22.6 Å². The first-order chi connectivity index (χ1) is 12.5. The number of rotatable bonds is 9. The number of pyridine rings is 1. The molecule has 0 radical (unpaired) electrons. The number of amides is 2. The zero-order chi connectivity index (χ0) is 18.8. The van der Waals surface area contributed by atoms with Gasteiger partial charge in [0.15, 0.2) is 0 Å². The van der Waals surface area contributed by atoms with E-state index >= 15 is 0 Å². The minimum atomic E-state index is -0.0514. The number of carbonyl (C=O) groups excluding carboxylic acids is 2. The monoisotopic (exact) mass is 371 g/mol. The summed E-state index contributed by atoms with van der Waals surface area (Å²) in [5.41, 5.74) is 2.80. The van der Waals surface area contributed by atoms with E-state index < -0.39 is 0 Å². The number of aromatic nitrogens is 1. The summed E-state index contributed by atoms with van der Waals surface area (Å²) < 4.78 is 0. The number of thioether (sulfide) groups is 1. The molecule has 5 nitrogen and oxygen atoms in total. The summed E-state index contributed by atoms with van der Waals surface area (Å²) >= 11 is 1.70. The van der Waals surface area contributed by atoms with E-state index in [1.807, 2.05) is 56.3 Å². The molecule has 6 heteroatoms. The van der Waals surface area contributed by atoms with Crippen LogP contribution in [0.15, 0.2) is 48.7 Å². The van der Waals surface area contributed by atoms with Gasteiger partial charge in [0, 0.05) is 42.3 Å². The molecule has 0 spiro atoms. The van der Waals surface area contributed by atoms with Crippen molar-refractivity contribution in [1.29, 1.82) is 0 Å². The molecule has 0 aliphatic rings. The van der Waals surface area contributed by atoms with Gasteiger partial charge in [0.1, 0.15) is 0 Å². The Bertz CT molecular complexity index is 703. The Balaban J connectivity index is 1.64. The summed E-state index contributed by atoms with van der Waals surface area (Å²) in [7, 11) is 0. The lowest BCUT2D eigenvalue weighted by atomic mass is 10.1. The number of anilines is 1. The van der Waals surface area contributed by atoms with Gasteiger partial charge in [-0.05, 0) is 29.8 Å². The fourth-order valence-electron chi connectivity index (χ4n) is 2.11. The van der Waals surface area contributed by atoms with Crippen molar-refractivity contribution >= 4 is 29.3 Å². The summed E-state index contributed by atoms with van der Waals surface area (Å²) in [6.45, 7) is 4.20. The summed E-state index contributed by atoms with van der Waals surface area (Å²) in [5, 5.41) is 5.77. The number of nitrogens with zero attached hydrogens (tertiary/aromatic N) is 1. The maximum absolute atomic E-state index is 11.9. The molecule has 0 aliphatic heterocycles. The molecule has 0 saturated heterocycles. The average Bonchev–Trinajstić information content (AvgIpc) is 2.65. The molecule has 2 rings (SSSR count). The first-order valence-corrected chi connectivity index (χ1v) is 9.84. The number of hydrogen-bond donors (Lipinski definition) is 2. The first kappa shape index (κ1) is 20.0. The third-order valence-electron chi connectivity index (χ3n) is 3.69. The van der Waals surface area contributed by atoms with E-state index in [1.165, 1.54) is 0 Å². The third-order valence-corrected chi connectivity index (χ3v) is 4.68. The van der Waals surface area contributed by atoms with Crippen molar-refractivity contribution in [2.45, 2.75) is 32.6 Å². The Morgan fingerprint density at radius 3 is 2.54 bits per heavy atom. The molecule has 2 aromatic rings. The number of hydrogen-bond acceptors (Lipinski definition) is 4. The molecule has 0 unspecified atom stereocenters. The Morgan fingerprint density at radius 2 is 1.88 bits per heavy atom. The number of benzene rings is 1. The maximum Gasteiger partial charge on any atom is 0.226 e. The van der Waals surface area contributed by atoms with Crippen LogP contribution in [0.25, 0.3) is 0 Å². The lowest BCUT2D eigenvalue weighted by molar-refractivity contribution is -0.121. The molecule has 1 heterocycles. The highest BCUT2D eigenvalue weighted by Crippen LogP contribution is 2.12. The molecule has 0 fully saturated rings. The molecule has 1 aromatic carbocycles. The van der Waals surface area contributed by atoms with Gasteiger partial charge in [-0.25, -0.2) is 0 Å². The standard InChI is InChI=1S/C20H25N3O2S/c1-15(2)20(25)23-17-8-6-16(7-9-17)13-22-19(24)10-12-26-14-18-5-3-4-11-21-18/h3-9,11,15H,10,12-14H2,1-2H3,(H,22,24)(H,23,25). The Morgan fingerprint density at radius 1 is 1.12 bits per heavy atom. The van der Waals surface area contributed by atoms with Gasteiger partial charge in [-0.3, -0.25) is 14.6 Å². The second kappa shape index (κ2) is 10.6. The van der Waals surface area contributed by atoms with Gasteiger partial charge in [-0.15, -0.1) is 0 Å². The Hall–Kier alpha value is -2.34. The summed E-state index contributed by atoms with van der Waals surface area (Å²) in [6, 6.07) is 13.4. The highest BCUT2D eigenvalue weighted by molar-refractivity contribution is 7.98. The Labute approximate surface area is 159 Å². The smallest absolute Gasteiger partial charge is 0.226 e. The van der Waals surface area contributed by atoms with E-state index in [4.69, 9.17) is 0 Å². The van der Waals surface area contributed by atoms with Crippen LogP contribution in [-0.2, 0) is 21.9 Å². The van der Waals surface area contributed by atoms with Gasteiger partial charge in [0.2, 0.25) is 11.8 Å². The number of carbonyl (C=O) groups is 2. The van der Waals surface area contributed by atoms with E-state index in [-0.39, 0.29) is 17.7 Å². The highest BCUT2D eigenvalue weighted by atomic mass is 32.2. The zero-order valence-corrected chi connectivity index (χ0v) is 16.0. The van der Waals surface area contributed by atoms with Crippen molar-refractivity contribution in [3.05, 3.63) is 59.9 Å². The fraction of sp³-hybridized carbons (Fsp3) is 0.350.